The Kier molecular flexibility index (Phi) is 8.03. The molecule has 0 aliphatic rings. The van der Waals surface area contributed by atoms with Crippen LogP contribution in [0.3, 0.4) is 0 Å². The average molecular weight is 390 g/mol. The van der Waals surface area contributed by atoms with Crippen molar-refractivity contribution in [2.75, 3.05) is 46.1 Å². The first kappa shape index (κ1) is 22.2. The molecule has 0 aromatic heterocycles. The third-order valence-electron chi connectivity index (χ3n) is 3.13. The quantitative estimate of drug-likeness (QED) is 0.681. The lowest BCUT2D eigenvalue weighted by atomic mass is 10.3. The van der Waals surface area contributed by atoms with Gasteiger partial charge in [-0.1, -0.05) is 0 Å². The van der Waals surface area contributed by atoms with Gasteiger partial charge < -0.3 is 20.3 Å². The van der Waals surface area contributed by atoms with Crippen molar-refractivity contribution in [3.8, 4) is 5.75 Å². The summed E-state index contributed by atoms with van der Waals surface area (Å²) < 4.78 is 40.0. The first-order valence-electron chi connectivity index (χ1n) is 7.77. The summed E-state index contributed by atoms with van der Waals surface area (Å²) in [5.74, 6) is -1.54. The van der Waals surface area contributed by atoms with Crippen LogP contribution in [-0.4, -0.2) is 74.7 Å². The highest BCUT2D eigenvalue weighted by Crippen LogP contribution is 2.23. The molecule has 11 heteroatoms. The normalized spacial score (nSPS) is 11.1. The summed E-state index contributed by atoms with van der Waals surface area (Å²) in [7, 11) is 4.66. The van der Waals surface area contributed by atoms with E-state index in [-0.39, 0.29) is 31.2 Å². The van der Waals surface area contributed by atoms with Crippen molar-refractivity contribution in [2.24, 2.45) is 0 Å². The van der Waals surface area contributed by atoms with Crippen LogP contribution >= 0.6 is 0 Å². The predicted molar refractivity (Wildman–Crippen MR) is 91.0 cm³/mol. The second kappa shape index (κ2) is 9.76. The van der Waals surface area contributed by atoms with Gasteiger partial charge in [-0.3, -0.25) is 19.3 Å². The van der Waals surface area contributed by atoms with E-state index in [1.54, 1.807) is 14.1 Å². The van der Waals surface area contributed by atoms with E-state index < -0.39 is 23.9 Å². The molecular weight excluding hydrogens is 369 g/mol. The fourth-order valence-corrected chi connectivity index (χ4v) is 1.87. The van der Waals surface area contributed by atoms with Gasteiger partial charge in [0.2, 0.25) is 17.7 Å². The molecule has 1 aromatic rings. The first-order valence-corrected chi connectivity index (χ1v) is 7.77. The van der Waals surface area contributed by atoms with Crippen LogP contribution in [0.1, 0.15) is 0 Å². The monoisotopic (exact) mass is 390 g/mol. The molecule has 0 atom stereocenters. The van der Waals surface area contributed by atoms with Gasteiger partial charge in [0.1, 0.15) is 5.75 Å². The van der Waals surface area contributed by atoms with Crippen molar-refractivity contribution < 1.29 is 32.3 Å². The maximum absolute atomic E-state index is 12.1. The van der Waals surface area contributed by atoms with Gasteiger partial charge in [0, 0.05) is 19.8 Å². The first-order chi connectivity index (χ1) is 12.5. The molecule has 1 rings (SSSR count). The molecule has 2 N–H and O–H groups in total. The lowest BCUT2D eigenvalue weighted by Gasteiger charge is -2.17. The predicted octanol–water partition coefficient (Wildman–Crippen LogP) is 0.660. The fourth-order valence-electron chi connectivity index (χ4n) is 1.87. The Bertz CT molecular complexity index is 663. The van der Waals surface area contributed by atoms with Crippen LogP contribution in [0.2, 0.25) is 0 Å². The maximum Gasteiger partial charge on any atom is 0.573 e. The van der Waals surface area contributed by atoms with Crippen LogP contribution < -0.4 is 15.4 Å². The zero-order valence-electron chi connectivity index (χ0n) is 15.1. The molecule has 0 aliphatic carbocycles. The summed E-state index contributed by atoms with van der Waals surface area (Å²) >= 11 is 0. The number of amides is 3. The number of nitrogens with one attached hydrogen (secondary N) is 2. The van der Waals surface area contributed by atoms with Crippen molar-refractivity contribution in [3.05, 3.63) is 24.3 Å². The molecule has 0 saturated carbocycles. The van der Waals surface area contributed by atoms with E-state index in [1.807, 2.05) is 0 Å². The third kappa shape index (κ3) is 9.45. The number of hydrogen-bond acceptors (Lipinski definition) is 5. The largest absolute Gasteiger partial charge is 0.573 e. The summed E-state index contributed by atoms with van der Waals surface area (Å²) in [6, 6.07) is 4.67. The number of alkyl halides is 3. The number of likely N-dealkylation sites (N-methyl/N-ethyl adjacent to an activating group) is 2. The number of hydrogen-bond donors (Lipinski definition) is 2. The van der Waals surface area contributed by atoms with Gasteiger partial charge >= 0.3 is 6.36 Å². The summed E-state index contributed by atoms with van der Waals surface area (Å²) in [5.41, 5.74) is 0.281. The molecule has 0 saturated heterocycles. The van der Waals surface area contributed by atoms with E-state index in [2.05, 4.69) is 15.4 Å². The molecule has 27 heavy (non-hydrogen) atoms. The topological polar surface area (TPSA) is 91.0 Å². The highest BCUT2D eigenvalue weighted by atomic mass is 19.4. The summed E-state index contributed by atoms with van der Waals surface area (Å²) in [4.78, 5) is 37.8. The smallest absolute Gasteiger partial charge is 0.406 e. The number of halogens is 3. The Hall–Kier alpha value is -2.82. The SMILES string of the molecule is CN(CC(=O)NCC(=O)N(C)C)CC(=O)Nc1ccc(OC(F)(F)F)cc1. The second-order valence-corrected chi connectivity index (χ2v) is 5.86. The van der Waals surface area contributed by atoms with Crippen molar-refractivity contribution in [1.82, 2.24) is 15.1 Å². The molecule has 0 bridgehead atoms. The van der Waals surface area contributed by atoms with E-state index in [0.29, 0.717) is 0 Å². The lowest BCUT2D eigenvalue weighted by Crippen LogP contribution is -2.42. The maximum atomic E-state index is 12.1. The van der Waals surface area contributed by atoms with E-state index in [9.17, 15) is 27.6 Å². The summed E-state index contributed by atoms with van der Waals surface area (Å²) in [6.07, 6.45) is -4.79. The molecule has 1 aromatic carbocycles. The van der Waals surface area contributed by atoms with Crippen molar-refractivity contribution in [3.63, 3.8) is 0 Å². The Balaban J connectivity index is 2.40. The fraction of sp³-hybridized carbons (Fsp3) is 0.438. The molecule has 0 fully saturated rings. The van der Waals surface area contributed by atoms with Gasteiger partial charge in [0.15, 0.2) is 0 Å². The number of anilines is 1. The Morgan fingerprint density at radius 1 is 1.00 bits per heavy atom. The Labute approximate surface area is 154 Å². The highest BCUT2D eigenvalue weighted by molar-refractivity contribution is 5.92. The third-order valence-corrected chi connectivity index (χ3v) is 3.13. The molecule has 3 amide bonds. The van der Waals surface area contributed by atoms with Gasteiger partial charge in [0.25, 0.3) is 0 Å². The van der Waals surface area contributed by atoms with Crippen LogP contribution in [0.25, 0.3) is 0 Å². The zero-order valence-corrected chi connectivity index (χ0v) is 15.1. The Morgan fingerprint density at radius 3 is 2.07 bits per heavy atom. The van der Waals surface area contributed by atoms with Crippen molar-refractivity contribution >= 4 is 23.4 Å². The van der Waals surface area contributed by atoms with Crippen LogP contribution in [0, 0.1) is 0 Å². The standard InChI is InChI=1S/C16H21F3N4O4/c1-22(2)15(26)8-20-13(24)9-23(3)10-14(25)21-11-4-6-12(7-5-11)27-16(17,18)19/h4-7H,8-10H2,1-3H3,(H,20,24)(H,21,25). The van der Waals surface area contributed by atoms with Crippen molar-refractivity contribution in [1.29, 1.82) is 0 Å². The minimum absolute atomic E-state index is 0.105. The molecule has 0 heterocycles. The molecule has 0 spiro atoms. The van der Waals surface area contributed by atoms with Crippen LogP contribution in [0.15, 0.2) is 24.3 Å². The molecule has 0 aliphatic heterocycles. The number of carbonyl (C=O) groups excluding carboxylic acids is 3. The molecule has 0 radical (unpaired) electrons. The van der Waals surface area contributed by atoms with Crippen LogP contribution in [0.5, 0.6) is 5.75 Å². The minimum atomic E-state index is -4.79. The summed E-state index contributed by atoms with van der Waals surface area (Å²) in [6.45, 7) is -0.374. The number of ether oxygens (including phenoxy) is 1. The van der Waals surface area contributed by atoms with Crippen LogP contribution in [-0.2, 0) is 14.4 Å². The van der Waals surface area contributed by atoms with Crippen LogP contribution in [0.4, 0.5) is 18.9 Å². The molecule has 0 unspecified atom stereocenters. The van der Waals surface area contributed by atoms with Gasteiger partial charge in [0.05, 0.1) is 19.6 Å². The number of nitrogens with zero attached hydrogens (tertiary/aromatic N) is 2. The van der Waals surface area contributed by atoms with Gasteiger partial charge in [-0.25, -0.2) is 0 Å². The number of rotatable bonds is 8. The molecular formula is C16H21F3N4O4. The molecule has 150 valence electrons. The van der Waals surface area contributed by atoms with E-state index in [4.69, 9.17) is 0 Å². The van der Waals surface area contributed by atoms with Gasteiger partial charge in [-0.15, -0.1) is 13.2 Å². The Morgan fingerprint density at radius 2 is 1.56 bits per heavy atom. The highest BCUT2D eigenvalue weighted by Gasteiger charge is 2.30. The van der Waals surface area contributed by atoms with E-state index in [0.717, 1.165) is 12.1 Å². The zero-order chi connectivity index (χ0) is 20.6. The number of benzene rings is 1. The molecule has 8 nitrogen and oxygen atoms in total. The van der Waals surface area contributed by atoms with Gasteiger partial charge in [-0.05, 0) is 31.3 Å². The van der Waals surface area contributed by atoms with E-state index in [1.165, 1.54) is 29.0 Å². The van der Waals surface area contributed by atoms with Crippen molar-refractivity contribution in [2.45, 2.75) is 6.36 Å². The average Bonchev–Trinajstić information content (AvgIpc) is 2.52. The minimum Gasteiger partial charge on any atom is -0.406 e. The second-order valence-electron chi connectivity index (χ2n) is 5.86. The lowest BCUT2D eigenvalue weighted by molar-refractivity contribution is -0.274. The number of carbonyl (C=O) groups is 3. The van der Waals surface area contributed by atoms with Gasteiger partial charge in [-0.2, -0.15) is 0 Å². The van der Waals surface area contributed by atoms with E-state index >= 15 is 0 Å². The summed E-state index contributed by atoms with van der Waals surface area (Å²) in [5, 5.41) is 4.92.